The molecule has 3 rings (SSSR count). The molecule has 0 saturated heterocycles. The van der Waals surface area contributed by atoms with Gasteiger partial charge in [-0.2, -0.15) is 4.98 Å². The van der Waals surface area contributed by atoms with Crippen LogP contribution in [-0.2, 0) is 0 Å². The van der Waals surface area contributed by atoms with Crippen molar-refractivity contribution in [2.24, 2.45) is 0 Å². The minimum absolute atomic E-state index is 0.222. The number of hydrogen-bond acceptors (Lipinski definition) is 6. The summed E-state index contributed by atoms with van der Waals surface area (Å²) < 4.78 is 5.16. The van der Waals surface area contributed by atoms with Gasteiger partial charge in [0.1, 0.15) is 5.82 Å². The molecule has 110 valence electrons. The number of aromatic nitrogens is 3. The molecular formula is C15H12N4O3. The first-order chi connectivity index (χ1) is 10.6. The monoisotopic (exact) mass is 296 g/mol. The number of carbonyl (C=O) groups is 1. The average molecular weight is 296 g/mol. The molecule has 0 amide bonds. The number of rotatable bonds is 4. The molecule has 7 heteroatoms. The summed E-state index contributed by atoms with van der Waals surface area (Å²) in [5, 5.41) is 15.8. The van der Waals surface area contributed by atoms with Crippen molar-refractivity contribution in [3.8, 4) is 11.5 Å². The molecule has 0 unspecified atom stereocenters. The van der Waals surface area contributed by atoms with Gasteiger partial charge in [-0.1, -0.05) is 5.16 Å². The van der Waals surface area contributed by atoms with Crippen LogP contribution in [0.15, 0.2) is 47.1 Å². The Labute approximate surface area is 125 Å². The zero-order chi connectivity index (χ0) is 15.5. The van der Waals surface area contributed by atoms with Crippen molar-refractivity contribution < 1.29 is 14.4 Å². The Hall–Kier alpha value is -3.22. The number of benzene rings is 1. The smallest absolute Gasteiger partial charge is 0.335 e. The number of pyridine rings is 1. The van der Waals surface area contributed by atoms with E-state index in [0.717, 1.165) is 0 Å². The highest BCUT2D eigenvalue weighted by molar-refractivity contribution is 5.88. The molecule has 0 aliphatic heterocycles. The maximum absolute atomic E-state index is 10.9. The van der Waals surface area contributed by atoms with Crippen LogP contribution in [0.3, 0.4) is 0 Å². The van der Waals surface area contributed by atoms with Gasteiger partial charge in [0.2, 0.25) is 0 Å². The molecule has 1 aromatic carbocycles. The van der Waals surface area contributed by atoms with Crippen molar-refractivity contribution in [1.82, 2.24) is 15.1 Å². The van der Waals surface area contributed by atoms with Gasteiger partial charge in [-0.05, 0) is 43.3 Å². The summed E-state index contributed by atoms with van der Waals surface area (Å²) >= 11 is 0. The van der Waals surface area contributed by atoms with Gasteiger partial charge in [0, 0.05) is 11.9 Å². The molecule has 2 heterocycles. The van der Waals surface area contributed by atoms with Gasteiger partial charge in [0.25, 0.3) is 5.89 Å². The molecule has 0 aliphatic rings. The van der Waals surface area contributed by atoms with Crippen molar-refractivity contribution in [2.75, 3.05) is 5.32 Å². The summed E-state index contributed by atoms with van der Waals surface area (Å²) in [7, 11) is 0. The fraction of sp³-hybridized carbons (Fsp3) is 0.0667. The van der Waals surface area contributed by atoms with Gasteiger partial charge in [-0.3, -0.25) is 0 Å². The lowest BCUT2D eigenvalue weighted by Crippen LogP contribution is -1.99. The van der Waals surface area contributed by atoms with E-state index in [1.165, 1.54) is 12.1 Å². The number of aromatic carboxylic acids is 1. The number of nitrogens with zero attached hydrogens (tertiary/aromatic N) is 3. The Morgan fingerprint density at radius 3 is 2.64 bits per heavy atom. The highest BCUT2D eigenvalue weighted by Crippen LogP contribution is 2.27. The van der Waals surface area contributed by atoms with Crippen molar-refractivity contribution in [3.63, 3.8) is 0 Å². The molecule has 0 aliphatic carbocycles. The molecular weight excluding hydrogens is 284 g/mol. The maximum Gasteiger partial charge on any atom is 0.335 e. The summed E-state index contributed by atoms with van der Waals surface area (Å²) in [6.07, 6.45) is 1.64. The van der Waals surface area contributed by atoms with E-state index < -0.39 is 5.97 Å². The topological polar surface area (TPSA) is 101 Å². The first-order valence-corrected chi connectivity index (χ1v) is 6.49. The van der Waals surface area contributed by atoms with Crippen LogP contribution in [0.1, 0.15) is 16.2 Å². The summed E-state index contributed by atoms with van der Waals surface area (Å²) in [5.74, 6) is 0.492. The van der Waals surface area contributed by atoms with Gasteiger partial charge in [0.05, 0.1) is 11.1 Å². The van der Waals surface area contributed by atoms with Gasteiger partial charge in [-0.25, -0.2) is 9.78 Å². The first kappa shape index (κ1) is 13.7. The molecule has 0 bridgehead atoms. The Morgan fingerprint density at radius 1 is 1.23 bits per heavy atom. The Bertz CT molecular complexity index is 812. The Kier molecular flexibility index (Phi) is 3.53. The van der Waals surface area contributed by atoms with Crippen LogP contribution in [0, 0.1) is 6.92 Å². The highest BCUT2D eigenvalue weighted by atomic mass is 16.5. The number of anilines is 2. The third kappa shape index (κ3) is 2.78. The fourth-order valence-electron chi connectivity index (χ4n) is 1.92. The van der Waals surface area contributed by atoms with Gasteiger partial charge in [-0.15, -0.1) is 0 Å². The van der Waals surface area contributed by atoms with Crippen LogP contribution >= 0.6 is 0 Å². The molecule has 0 atom stereocenters. The summed E-state index contributed by atoms with van der Waals surface area (Å²) in [4.78, 5) is 19.3. The lowest BCUT2D eigenvalue weighted by atomic mass is 10.2. The Balaban J connectivity index is 1.91. The minimum Gasteiger partial charge on any atom is -0.478 e. The van der Waals surface area contributed by atoms with Crippen LogP contribution in [0.5, 0.6) is 0 Å². The van der Waals surface area contributed by atoms with E-state index in [-0.39, 0.29) is 5.56 Å². The predicted molar refractivity (Wildman–Crippen MR) is 79.0 cm³/mol. The van der Waals surface area contributed by atoms with Crippen LogP contribution in [0.25, 0.3) is 11.5 Å². The molecule has 2 N–H and O–H groups in total. The van der Waals surface area contributed by atoms with Crippen LogP contribution in [-0.4, -0.2) is 26.2 Å². The van der Waals surface area contributed by atoms with E-state index in [2.05, 4.69) is 20.4 Å². The predicted octanol–water partition coefficient (Wildman–Crippen LogP) is 2.88. The molecule has 0 saturated carbocycles. The van der Waals surface area contributed by atoms with Gasteiger partial charge >= 0.3 is 5.97 Å². The third-order valence-corrected chi connectivity index (χ3v) is 2.96. The summed E-state index contributed by atoms with van der Waals surface area (Å²) in [6.45, 7) is 1.74. The van der Waals surface area contributed by atoms with Gasteiger partial charge in [0.15, 0.2) is 5.82 Å². The molecule has 3 aromatic rings. The van der Waals surface area contributed by atoms with Crippen molar-refractivity contribution in [1.29, 1.82) is 0 Å². The van der Waals surface area contributed by atoms with Crippen LogP contribution in [0.4, 0.5) is 11.5 Å². The van der Waals surface area contributed by atoms with E-state index in [1.54, 1.807) is 31.3 Å². The summed E-state index contributed by atoms with van der Waals surface area (Å²) in [5.41, 5.74) is 1.60. The van der Waals surface area contributed by atoms with Crippen molar-refractivity contribution in [2.45, 2.75) is 6.92 Å². The summed E-state index contributed by atoms with van der Waals surface area (Å²) in [6, 6.07) is 9.96. The number of nitrogens with one attached hydrogen (secondary N) is 1. The Morgan fingerprint density at radius 2 is 2.00 bits per heavy atom. The first-order valence-electron chi connectivity index (χ1n) is 6.49. The largest absolute Gasteiger partial charge is 0.478 e. The van der Waals surface area contributed by atoms with E-state index in [4.69, 9.17) is 9.63 Å². The lowest BCUT2D eigenvalue weighted by molar-refractivity contribution is 0.0697. The maximum atomic E-state index is 10.9. The third-order valence-electron chi connectivity index (χ3n) is 2.96. The second-order valence-corrected chi connectivity index (χ2v) is 4.55. The number of carboxylic acids is 1. The zero-order valence-corrected chi connectivity index (χ0v) is 11.6. The molecule has 0 radical (unpaired) electrons. The van der Waals surface area contributed by atoms with Crippen molar-refractivity contribution >= 4 is 17.5 Å². The number of carboxylic acid groups (broad SMARTS) is 1. The second kappa shape index (κ2) is 5.65. The minimum atomic E-state index is -0.966. The lowest BCUT2D eigenvalue weighted by Gasteiger charge is -2.08. The van der Waals surface area contributed by atoms with E-state index >= 15 is 0 Å². The number of hydrogen-bond donors (Lipinski definition) is 2. The fourth-order valence-corrected chi connectivity index (χ4v) is 1.92. The normalized spacial score (nSPS) is 10.4. The molecule has 7 nitrogen and oxygen atoms in total. The van der Waals surface area contributed by atoms with Crippen LogP contribution < -0.4 is 5.32 Å². The SMILES string of the molecule is Cc1noc(-c2cccnc2Nc2ccc(C(=O)O)cc2)n1. The molecule has 2 aromatic heterocycles. The molecule has 0 spiro atoms. The van der Waals surface area contributed by atoms with Crippen molar-refractivity contribution in [3.05, 3.63) is 54.0 Å². The zero-order valence-electron chi connectivity index (χ0n) is 11.6. The van der Waals surface area contributed by atoms with Gasteiger partial charge < -0.3 is 14.9 Å². The number of aryl methyl sites for hydroxylation is 1. The van der Waals surface area contributed by atoms with E-state index in [0.29, 0.717) is 28.8 Å². The highest BCUT2D eigenvalue weighted by Gasteiger charge is 2.12. The quantitative estimate of drug-likeness (QED) is 0.763. The van der Waals surface area contributed by atoms with Crippen LogP contribution in [0.2, 0.25) is 0 Å². The van der Waals surface area contributed by atoms with E-state index in [9.17, 15) is 4.79 Å². The van der Waals surface area contributed by atoms with E-state index in [1.807, 2.05) is 6.07 Å². The second-order valence-electron chi connectivity index (χ2n) is 4.55. The molecule has 22 heavy (non-hydrogen) atoms. The average Bonchev–Trinajstić information content (AvgIpc) is 2.95. The standard InChI is InChI=1S/C15H12N4O3/c1-9-17-14(22-19-9)12-3-2-8-16-13(12)18-11-6-4-10(5-7-11)15(20)21/h2-8H,1H3,(H,16,18)(H,20,21). The molecule has 0 fully saturated rings.